The summed E-state index contributed by atoms with van der Waals surface area (Å²) in [6, 6.07) is 12.8. The number of carbonyl (C=O) groups is 1. The Hall–Kier alpha value is -2.17. The second-order valence-electron chi connectivity index (χ2n) is 4.25. The number of thiazole rings is 1. The Labute approximate surface area is 130 Å². The Balaban J connectivity index is 2.09. The van der Waals surface area contributed by atoms with E-state index < -0.39 is 5.97 Å². The molecule has 1 heterocycles. The number of ether oxygens (including phenoxy) is 1. The number of esters is 1. The molecule has 0 amide bonds. The van der Waals surface area contributed by atoms with E-state index >= 15 is 0 Å². The van der Waals surface area contributed by atoms with Gasteiger partial charge in [-0.25, -0.2) is 9.78 Å². The molecule has 0 radical (unpaired) electrons. The van der Waals surface area contributed by atoms with Crippen molar-refractivity contribution in [1.82, 2.24) is 4.98 Å². The SMILES string of the molecule is C=CC(=O)Oc1ccccc1-c1nc2cc(Cl)ccc2s1. The van der Waals surface area contributed by atoms with Crippen LogP contribution in [0.1, 0.15) is 0 Å². The molecule has 3 nitrogen and oxygen atoms in total. The third-order valence-corrected chi connectivity index (χ3v) is 4.15. The largest absolute Gasteiger partial charge is 0.423 e. The first-order valence-corrected chi connectivity index (χ1v) is 7.36. The van der Waals surface area contributed by atoms with Crippen LogP contribution in [0.5, 0.6) is 5.75 Å². The van der Waals surface area contributed by atoms with Crippen molar-refractivity contribution in [1.29, 1.82) is 0 Å². The first-order chi connectivity index (χ1) is 10.2. The van der Waals surface area contributed by atoms with E-state index in [4.69, 9.17) is 16.3 Å². The minimum atomic E-state index is -0.494. The Bertz CT molecular complexity index is 841. The molecule has 0 atom stereocenters. The molecule has 1 aromatic heterocycles. The summed E-state index contributed by atoms with van der Waals surface area (Å²) in [7, 11) is 0. The first-order valence-electron chi connectivity index (χ1n) is 6.17. The maximum absolute atomic E-state index is 11.4. The quantitative estimate of drug-likeness (QED) is 0.399. The number of nitrogens with zero attached hydrogens (tertiary/aromatic N) is 1. The lowest BCUT2D eigenvalue weighted by atomic mass is 10.2. The summed E-state index contributed by atoms with van der Waals surface area (Å²) in [6.45, 7) is 3.40. The number of fused-ring (bicyclic) bond motifs is 1. The summed E-state index contributed by atoms with van der Waals surface area (Å²) in [5.41, 5.74) is 1.59. The van der Waals surface area contributed by atoms with Gasteiger partial charge < -0.3 is 4.74 Å². The Morgan fingerprint density at radius 2 is 2.10 bits per heavy atom. The van der Waals surface area contributed by atoms with E-state index in [1.165, 1.54) is 11.3 Å². The third-order valence-electron chi connectivity index (χ3n) is 2.84. The standard InChI is InChI=1S/C16H10ClNO2S/c1-2-15(19)20-13-6-4-3-5-11(13)16-18-12-9-10(17)7-8-14(12)21-16/h2-9H,1H2. The van der Waals surface area contributed by atoms with Gasteiger partial charge in [0.15, 0.2) is 0 Å². The highest BCUT2D eigenvalue weighted by atomic mass is 35.5. The zero-order valence-corrected chi connectivity index (χ0v) is 12.4. The van der Waals surface area contributed by atoms with Crippen molar-refractivity contribution < 1.29 is 9.53 Å². The normalized spacial score (nSPS) is 10.5. The van der Waals surface area contributed by atoms with E-state index in [0.29, 0.717) is 10.8 Å². The summed E-state index contributed by atoms with van der Waals surface area (Å²) in [5.74, 6) is -0.0286. The number of rotatable bonds is 3. The summed E-state index contributed by atoms with van der Waals surface area (Å²) < 4.78 is 6.28. The van der Waals surface area contributed by atoms with Crippen molar-refractivity contribution in [2.75, 3.05) is 0 Å². The van der Waals surface area contributed by atoms with Crippen molar-refractivity contribution in [2.45, 2.75) is 0 Å². The van der Waals surface area contributed by atoms with E-state index in [9.17, 15) is 4.79 Å². The smallest absolute Gasteiger partial charge is 0.335 e. The van der Waals surface area contributed by atoms with Gasteiger partial charge in [-0.3, -0.25) is 0 Å². The number of benzene rings is 2. The van der Waals surface area contributed by atoms with Crippen LogP contribution in [0.3, 0.4) is 0 Å². The lowest BCUT2D eigenvalue weighted by Gasteiger charge is -2.05. The molecular weight excluding hydrogens is 306 g/mol. The van der Waals surface area contributed by atoms with Crippen LogP contribution in [0, 0.1) is 0 Å². The molecule has 21 heavy (non-hydrogen) atoms. The Morgan fingerprint density at radius 3 is 2.90 bits per heavy atom. The van der Waals surface area contributed by atoms with Crippen LogP contribution in [-0.4, -0.2) is 11.0 Å². The lowest BCUT2D eigenvalue weighted by Crippen LogP contribution is -2.03. The Kier molecular flexibility index (Phi) is 3.73. The van der Waals surface area contributed by atoms with Crippen LogP contribution in [0.2, 0.25) is 5.02 Å². The first kappa shape index (κ1) is 13.8. The molecule has 2 aromatic carbocycles. The highest BCUT2D eigenvalue weighted by molar-refractivity contribution is 7.21. The van der Waals surface area contributed by atoms with E-state index in [1.807, 2.05) is 30.3 Å². The number of carbonyl (C=O) groups excluding carboxylic acids is 1. The van der Waals surface area contributed by atoms with Crippen LogP contribution in [0.15, 0.2) is 55.1 Å². The number of para-hydroxylation sites is 1. The van der Waals surface area contributed by atoms with Crippen LogP contribution in [-0.2, 0) is 4.79 Å². The molecule has 0 N–H and O–H groups in total. The molecule has 3 aromatic rings. The lowest BCUT2D eigenvalue weighted by molar-refractivity contribution is -0.128. The number of hydrogen-bond donors (Lipinski definition) is 0. The number of halogens is 1. The summed E-state index contributed by atoms with van der Waals surface area (Å²) >= 11 is 7.50. The van der Waals surface area contributed by atoms with Crippen molar-refractivity contribution in [3.63, 3.8) is 0 Å². The van der Waals surface area contributed by atoms with Gasteiger partial charge in [0.25, 0.3) is 0 Å². The number of aromatic nitrogens is 1. The topological polar surface area (TPSA) is 39.2 Å². The summed E-state index contributed by atoms with van der Waals surface area (Å²) in [5, 5.41) is 1.42. The minimum Gasteiger partial charge on any atom is -0.423 e. The van der Waals surface area contributed by atoms with Crippen LogP contribution in [0.25, 0.3) is 20.8 Å². The van der Waals surface area contributed by atoms with Gasteiger partial charge in [-0.15, -0.1) is 11.3 Å². The monoisotopic (exact) mass is 315 g/mol. The van der Waals surface area contributed by atoms with Crippen molar-refractivity contribution in [3.05, 3.63) is 60.1 Å². The molecule has 5 heteroatoms. The average Bonchev–Trinajstić information content (AvgIpc) is 2.90. The van der Waals surface area contributed by atoms with E-state index in [1.54, 1.807) is 12.1 Å². The fourth-order valence-electron chi connectivity index (χ4n) is 1.90. The molecule has 3 rings (SSSR count). The van der Waals surface area contributed by atoms with Gasteiger partial charge in [-0.2, -0.15) is 0 Å². The molecule has 0 saturated heterocycles. The molecule has 0 bridgehead atoms. The molecule has 104 valence electrons. The van der Waals surface area contributed by atoms with E-state index in [2.05, 4.69) is 11.6 Å². The highest BCUT2D eigenvalue weighted by Gasteiger charge is 2.13. The minimum absolute atomic E-state index is 0.465. The van der Waals surface area contributed by atoms with Crippen molar-refractivity contribution in [2.24, 2.45) is 0 Å². The molecule has 0 saturated carbocycles. The fraction of sp³-hybridized carbons (Fsp3) is 0. The molecular formula is C16H10ClNO2S. The zero-order valence-electron chi connectivity index (χ0n) is 10.9. The Morgan fingerprint density at radius 1 is 1.29 bits per heavy atom. The molecule has 0 aliphatic heterocycles. The highest BCUT2D eigenvalue weighted by Crippen LogP contribution is 2.36. The van der Waals surface area contributed by atoms with Gasteiger partial charge in [0.1, 0.15) is 10.8 Å². The van der Waals surface area contributed by atoms with Gasteiger partial charge in [0.05, 0.1) is 15.8 Å². The van der Waals surface area contributed by atoms with E-state index in [0.717, 1.165) is 26.9 Å². The molecule has 0 aliphatic carbocycles. The predicted molar refractivity (Wildman–Crippen MR) is 85.9 cm³/mol. The maximum Gasteiger partial charge on any atom is 0.335 e. The van der Waals surface area contributed by atoms with Gasteiger partial charge >= 0.3 is 5.97 Å². The van der Waals surface area contributed by atoms with E-state index in [-0.39, 0.29) is 0 Å². The van der Waals surface area contributed by atoms with Gasteiger partial charge in [0, 0.05) is 11.1 Å². The molecule has 0 unspecified atom stereocenters. The second-order valence-corrected chi connectivity index (χ2v) is 5.72. The average molecular weight is 316 g/mol. The van der Waals surface area contributed by atoms with Gasteiger partial charge in [-0.05, 0) is 30.3 Å². The zero-order chi connectivity index (χ0) is 14.8. The second kappa shape index (κ2) is 5.68. The van der Waals surface area contributed by atoms with Crippen LogP contribution >= 0.6 is 22.9 Å². The van der Waals surface area contributed by atoms with Crippen LogP contribution in [0.4, 0.5) is 0 Å². The predicted octanol–water partition coefficient (Wildman–Crippen LogP) is 4.71. The maximum atomic E-state index is 11.4. The fourth-order valence-corrected chi connectivity index (χ4v) is 3.04. The third kappa shape index (κ3) is 2.82. The van der Waals surface area contributed by atoms with Gasteiger partial charge in [0.2, 0.25) is 0 Å². The number of hydrogen-bond acceptors (Lipinski definition) is 4. The molecule has 0 spiro atoms. The molecule has 0 fully saturated rings. The van der Waals surface area contributed by atoms with Crippen molar-refractivity contribution >= 4 is 39.1 Å². The van der Waals surface area contributed by atoms with Crippen molar-refractivity contribution in [3.8, 4) is 16.3 Å². The summed E-state index contributed by atoms with van der Waals surface area (Å²) in [6.07, 6.45) is 1.13. The molecule has 0 aliphatic rings. The summed E-state index contributed by atoms with van der Waals surface area (Å²) in [4.78, 5) is 16.0. The van der Waals surface area contributed by atoms with Crippen LogP contribution < -0.4 is 4.74 Å². The van der Waals surface area contributed by atoms with Gasteiger partial charge in [-0.1, -0.05) is 30.3 Å².